The molecule has 1 aliphatic rings. The first kappa shape index (κ1) is 13.8. The molecule has 2 rings (SSSR count). The molecule has 4 nitrogen and oxygen atoms in total. The van der Waals surface area contributed by atoms with Crippen molar-refractivity contribution >= 4 is 31.6 Å². The zero-order valence-corrected chi connectivity index (χ0v) is 12.0. The maximum Gasteiger partial charge on any atom is 0.234 e. The number of hydrogen-bond donors (Lipinski definition) is 2. The van der Waals surface area contributed by atoms with E-state index in [1.807, 2.05) is 0 Å². The normalized spacial score (nSPS) is 20.0. The second kappa shape index (κ2) is 5.54. The molecule has 7 heteroatoms. The van der Waals surface area contributed by atoms with Crippen molar-refractivity contribution in [2.75, 3.05) is 17.0 Å². The average molecular weight is 337 g/mol. The van der Waals surface area contributed by atoms with Gasteiger partial charge in [-0.2, -0.15) is 0 Å². The monoisotopic (exact) mass is 336 g/mol. The summed E-state index contributed by atoms with van der Waals surface area (Å²) in [6.07, 6.45) is 1.85. The molecule has 0 bridgehead atoms. The fraction of sp³-hybridized carbons (Fsp3) is 0.455. The van der Waals surface area contributed by atoms with Crippen LogP contribution in [0.15, 0.2) is 22.7 Å². The molecule has 0 saturated carbocycles. The van der Waals surface area contributed by atoms with Gasteiger partial charge in [0.1, 0.15) is 5.82 Å². The first-order chi connectivity index (χ1) is 8.46. The van der Waals surface area contributed by atoms with Crippen molar-refractivity contribution in [2.24, 2.45) is 0 Å². The third kappa shape index (κ3) is 3.66. The Kier molecular flexibility index (Phi) is 4.24. The van der Waals surface area contributed by atoms with Crippen molar-refractivity contribution in [3.63, 3.8) is 0 Å². The van der Waals surface area contributed by atoms with Gasteiger partial charge in [-0.1, -0.05) is 0 Å². The zero-order valence-electron chi connectivity index (χ0n) is 9.62. The maximum atomic E-state index is 13.3. The molecule has 1 unspecified atom stereocenters. The van der Waals surface area contributed by atoms with Gasteiger partial charge < -0.3 is 5.32 Å². The third-order valence-electron chi connectivity index (χ3n) is 2.78. The van der Waals surface area contributed by atoms with E-state index in [0.29, 0.717) is 4.47 Å². The molecule has 1 saturated heterocycles. The Morgan fingerprint density at radius 1 is 1.50 bits per heavy atom. The number of anilines is 1. The predicted molar refractivity (Wildman–Crippen MR) is 72.5 cm³/mol. The smallest absolute Gasteiger partial charge is 0.234 e. The number of halogens is 2. The van der Waals surface area contributed by atoms with Crippen LogP contribution in [0.2, 0.25) is 0 Å². The average Bonchev–Trinajstić information content (AvgIpc) is 2.75. The molecular formula is C11H14BrFN2O2S. The molecule has 0 amide bonds. The van der Waals surface area contributed by atoms with Gasteiger partial charge in [-0.25, -0.2) is 12.8 Å². The van der Waals surface area contributed by atoms with Crippen LogP contribution in [0.4, 0.5) is 10.1 Å². The highest BCUT2D eigenvalue weighted by atomic mass is 79.9. The quantitative estimate of drug-likeness (QED) is 0.885. The van der Waals surface area contributed by atoms with Crippen molar-refractivity contribution in [3.8, 4) is 0 Å². The Bertz CT molecular complexity index is 530. The van der Waals surface area contributed by atoms with Gasteiger partial charge in [0.25, 0.3) is 0 Å². The summed E-state index contributed by atoms with van der Waals surface area (Å²) in [7, 11) is -3.44. The highest BCUT2D eigenvalue weighted by Gasteiger charge is 2.22. The summed E-state index contributed by atoms with van der Waals surface area (Å²) in [5, 5.41) is 3.12. The van der Waals surface area contributed by atoms with Crippen molar-refractivity contribution < 1.29 is 12.8 Å². The summed E-state index contributed by atoms with van der Waals surface area (Å²) in [4.78, 5) is 0. The summed E-state index contributed by atoms with van der Waals surface area (Å²) in [5.74, 6) is -0.473. The minimum atomic E-state index is -3.44. The van der Waals surface area contributed by atoms with Crippen LogP contribution in [0.1, 0.15) is 12.8 Å². The minimum Gasteiger partial charge on any atom is -0.313 e. The van der Waals surface area contributed by atoms with E-state index in [9.17, 15) is 12.8 Å². The van der Waals surface area contributed by atoms with Crippen molar-refractivity contribution in [2.45, 2.75) is 18.9 Å². The third-order valence-corrected chi connectivity index (χ3v) is 4.81. The Hall–Kier alpha value is -0.660. The Labute approximate surface area is 114 Å². The first-order valence-corrected chi connectivity index (χ1v) is 8.10. The fourth-order valence-electron chi connectivity index (χ4n) is 1.94. The summed E-state index contributed by atoms with van der Waals surface area (Å²) >= 11 is 3.02. The standard InChI is InChI=1S/C11H14BrFN2O2S/c12-10-4-3-8(6-11(10)13)15-18(16,17)7-9-2-1-5-14-9/h3-4,6,9,14-15H,1-2,5,7H2. The number of benzene rings is 1. The molecule has 2 N–H and O–H groups in total. The lowest BCUT2D eigenvalue weighted by Crippen LogP contribution is -2.32. The van der Waals surface area contributed by atoms with Gasteiger partial charge in [0, 0.05) is 6.04 Å². The molecule has 1 aromatic rings. The van der Waals surface area contributed by atoms with Crippen LogP contribution in [-0.4, -0.2) is 26.8 Å². The highest BCUT2D eigenvalue weighted by molar-refractivity contribution is 9.10. The maximum absolute atomic E-state index is 13.3. The number of sulfonamides is 1. The second-order valence-corrected chi connectivity index (χ2v) is 6.93. The van der Waals surface area contributed by atoms with E-state index in [-0.39, 0.29) is 17.5 Å². The van der Waals surface area contributed by atoms with E-state index in [1.165, 1.54) is 12.1 Å². The van der Waals surface area contributed by atoms with Gasteiger partial charge >= 0.3 is 0 Å². The van der Waals surface area contributed by atoms with Gasteiger partial charge in [-0.05, 0) is 53.5 Å². The summed E-state index contributed by atoms with van der Waals surface area (Å²) < 4.78 is 39.7. The van der Waals surface area contributed by atoms with Crippen LogP contribution >= 0.6 is 15.9 Å². The van der Waals surface area contributed by atoms with Crippen molar-refractivity contribution in [3.05, 3.63) is 28.5 Å². The molecule has 1 heterocycles. The van der Waals surface area contributed by atoms with E-state index < -0.39 is 15.8 Å². The first-order valence-electron chi connectivity index (χ1n) is 5.65. The van der Waals surface area contributed by atoms with Crippen LogP contribution in [-0.2, 0) is 10.0 Å². The molecular weight excluding hydrogens is 323 g/mol. The van der Waals surface area contributed by atoms with E-state index in [1.54, 1.807) is 0 Å². The molecule has 1 aromatic carbocycles. The van der Waals surface area contributed by atoms with E-state index in [0.717, 1.165) is 25.5 Å². The Morgan fingerprint density at radius 3 is 2.89 bits per heavy atom. The van der Waals surface area contributed by atoms with Crippen LogP contribution in [0.3, 0.4) is 0 Å². The van der Waals surface area contributed by atoms with Gasteiger partial charge in [-0.15, -0.1) is 0 Å². The van der Waals surface area contributed by atoms with Crippen LogP contribution < -0.4 is 10.0 Å². The molecule has 1 aliphatic heterocycles. The van der Waals surface area contributed by atoms with E-state index in [4.69, 9.17) is 0 Å². The van der Waals surface area contributed by atoms with Crippen molar-refractivity contribution in [1.82, 2.24) is 5.32 Å². The number of rotatable bonds is 4. The molecule has 0 spiro atoms. The lowest BCUT2D eigenvalue weighted by Gasteiger charge is -2.12. The predicted octanol–water partition coefficient (Wildman–Crippen LogP) is 2.08. The minimum absolute atomic E-state index is 0.0113. The van der Waals surface area contributed by atoms with Crippen LogP contribution in [0.25, 0.3) is 0 Å². The summed E-state index contributed by atoms with van der Waals surface area (Å²) in [6.45, 7) is 0.854. The molecule has 1 atom stereocenters. The zero-order chi connectivity index (χ0) is 13.2. The second-order valence-electron chi connectivity index (χ2n) is 4.31. The number of hydrogen-bond acceptors (Lipinski definition) is 3. The molecule has 0 aromatic heterocycles. The molecule has 0 aliphatic carbocycles. The van der Waals surface area contributed by atoms with Gasteiger partial charge in [0.05, 0.1) is 15.9 Å². The Morgan fingerprint density at radius 2 is 2.28 bits per heavy atom. The molecule has 0 radical (unpaired) electrons. The summed E-state index contributed by atoms with van der Waals surface area (Å²) in [6, 6.07) is 4.14. The van der Waals surface area contributed by atoms with Crippen molar-refractivity contribution in [1.29, 1.82) is 0 Å². The number of nitrogens with one attached hydrogen (secondary N) is 2. The van der Waals surface area contributed by atoms with E-state index >= 15 is 0 Å². The fourth-order valence-corrected chi connectivity index (χ4v) is 3.57. The largest absolute Gasteiger partial charge is 0.313 e. The highest BCUT2D eigenvalue weighted by Crippen LogP contribution is 2.20. The summed E-state index contributed by atoms with van der Waals surface area (Å²) in [5.41, 5.74) is 0.244. The lowest BCUT2D eigenvalue weighted by molar-refractivity contribution is 0.581. The molecule has 1 fully saturated rings. The van der Waals surface area contributed by atoms with Gasteiger partial charge in [-0.3, -0.25) is 4.72 Å². The molecule has 100 valence electrons. The Balaban J connectivity index is 2.04. The molecule has 18 heavy (non-hydrogen) atoms. The van der Waals surface area contributed by atoms with Crippen LogP contribution in [0.5, 0.6) is 0 Å². The topological polar surface area (TPSA) is 58.2 Å². The van der Waals surface area contributed by atoms with Gasteiger partial charge in [0.2, 0.25) is 10.0 Å². The van der Waals surface area contributed by atoms with E-state index in [2.05, 4.69) is 26.0 Å². The lowest BCUT2D eigenvalue weighted by atomic mass is 10.3. The SMILES string of the molecule is O=S(=O)(CC1CCCN1)Nc1ccc(Br)c(F)c1. The van der Waals surface area contributed by atoms with Gasteiger partial charge in [0.15, 0.2) is 0 Å². The van der Waals surface area contributed by atoms with Crippen LogP contribution in [0, 0.1) is 5.82 Å².